The molecule has 8 heteroatoms. The minimum absolute atomic E-state index is 0.0502. The zero-order chi connectivity index (χ0) is 13.9. The minimum Gasteiger partial charge on any atom is -0.387 e. The van der Waals surface area contributed by atoms with Crippen LogP contribution in [0, 0.1) is 0 Å². The number of nitrogens with zero attached hydrogens (tertiary/aromatic N) is 2. The SMILES string of the molecule is CNc1ccncc1S(=O)(=O)Nc1ccc(Cl)cn1. The molecule has 100 valence electrons. The van der Waals surface area contributed by atoms with Gasteiger partial charge in [0, 0.05) is 25.6 Å². The number of rotatable bonds is 4. The molecule has 0 aromatic carbocycles. The third kappa shape index (κ3) is 3.12. The quantitative estimate of drug-likeness (QED) is 0.901. The van der Waals surface area contributed by atoms with Crippen LogP contribution in [-0.4, -0.2) is 25.4 Å². The van der Waals surface area contributed by atoms with Gasteiger partial charge < -0.3 is 5.32 Å². The molecule has 0 aliphatic carbocycles. The van der Waals surface area contributed by atoms with Crippen LogP contribution in [0.2, 0.25) is 5.02 Å². The average Bonchev–Trinajstić information content (AvgIpc) is 2.41. The summed E-state index contributed by atoms with van der Waals surface area (Å²) < 4.78 is 26.8. The van der Waals surface area contributed by atoms with E-state index < -0.39 is 10.0 Å². The molecule has 0 amide bonds. The molecular weight excluding hydrogens is 288 g/mol. The van der Waals surface area contributed by atoms with Gasteiger partial charge in [-0.05, 0) is 18.2 Å². The highest BCUT2D eigenvalue weighted by Crippen LogP contribution is 2.21. The molecule has 19 heavy (non-hydrogen) atoms. The molecule has 2 aromatic heterocycles. The highest BCUT2D eigenvalue weighted by molar-refractivity contribution is 7.92. The predicted octanol–water partition coefficient (Wildman–Crippen LogP) is 1.97. The van der Waals surface area contributed by atoms with Gasteiger partial charge in [-0.25, -0.2) is 13.4 Å². The third-order valence-electron chi connectivity index (χ3n) is 2.31. The molecule has 0 fully saturated rings. The lowest BCUT2D eigenvalue weighted by Crippen LogP contribution is -2.15. The molecule has 2 heterocycles. The van der Waals surface area contributed by atoms with Crippen molar-refractivity contribution < 1.29 is 8.42 Å². The first-order valence-electron chi connectivity index (χ1n) is 5.29. The third-order valence-corrected chi connectivity index (χ3v) is 3.92. The van der Waals surface area contributed by atoms with Crippen molar-refractivity contribution in [1.29, 1.82) is 0 Å². The lowest BCUT2D eigenvalue weighted by Gasteiger charge is -2.10. The van der Waals surface area contributed by atoms with Gasteiger partial charge in [0.1, 0.15) is 10.7 Å². The molecule has 0 spiro atoms. The standard InChI is InChI=1S/C11H11ClN4O2S/c1-13-9-4-5-14-7-10(9)19(17,18)16-11-3-2-8(12)6-15-11/h2-7H,1H3,(H,13,14)(H,15,16). The maximum atomic E-state index is 12.2. The van der Waals surface area contributed by atoms with E-state index in [2.05, 4.69) is 20.0 Å². The van der Waals surface area contributed by atoms with E-state index in [1.54, 1.807) is 19.2 Å². The second kappa shape index (κ2) is 5.41. The van der Waals surface area contributed by atoms with Crippen LogP contribution in [0.1, 0.15) is 0 Å². The van der Waals surface area contributed by atoms with Gasteiger partial charge in [-0.2, -0.15) is 0 Å². The first-order valence-corrected chi connectivity index (χ1v) is 7.15. The zero-order valence-electron chi connectivity index (χ0n) is 9.96. The van der Waals surface area contributed by atoms with Crippen molar-refractivity contribution in [2.75, 3.05) is 17.1 Å². The summed E-state index contributed by atoms with van der Waals surface area (Å²) in [5.74, 6) is 0.190. The van der Waals surface area contributed by atoms with Crippen molar-refractivity contribution in [3.63, 3.8) is 0 Å². The molecule has 0 saturated carbocycles. The summed E-state index contributed by atoms with van der Waals surface area (Å²) in [6.45, 7) is 0. The van der Waals surface area contributed by atoms with Gasteiger partial charge in [0.05, 0.1) is 10.7 Å². The Morgan fingerprint density at radius 1 is 1.21 bits per heavy atom. The van der Waals surface area contributed by atoms with Gasteiger partial charge in [0.15, 0.2) is 0 Å². The highest BCUT2D eigenvalue weighted by atomic mass is 35.5. The molecule has 0 aliphatic heterocycles. The minimum atomic E-state index is -3.75. The Kier molecular flexibility index (Phi) is 3.87. The maximum absolute atomic E-state index is 12.2. The van der Waals surface area contributed by atoms with E-state index in [1.807, 2.05) is 0 Å². The average molecular weight is 299 g/mol. The fourth-order valence-corrected chi connectivity index (χ4v) is 2.71. The molecule has 2 aromatic rings. The van der Waals surface area contributed by atoms with Gasteiger partial charge >= 0.3 is 0 Å². The summed E-state index contributed by atoms with van der Waals surface area (Å²) in [5, 5.41) is 3.23. The molecule has 0 atom stereocenters. The molecule has 0 saturated heterocycles. The van der Waals surface area contributed by atoms with Crippen LogP contribution < -0.4 is 10.0 Å². The number of hydrogen-bond donors (Lipinski definition) is 2. The van der Waals surface area contributed by atoms with Crippen LogP contribution in [0.4, 0.5) is 11.5 Å². The van der Waals surface area contributed by atoms with Crippen molar-refractivity contribution in [2.45, 2.75) is 4.90 Å². The molecular formula is C11H11ClN4O2S. The van der Waals surface area contributed by atoms with E-state index in [0.717, 1.165) is 0 Å². The lowest BCUT2D eigenvalue weighted by atomic mass is 10.4. The second-order valence-electron chi connectivity index (χ2n) is 3.59. The zero-order valence-corrected chi connectivity index (χ0v) is 11.5. The topological polar surface area (TPSA) is 84.0 Å². The fourth-order valence-electron chi connectivity index (χ4n) is 1.43. The summed E-state index contributed by atoms with van der Waals surface area (Å²) in [5.41, 5.74) is 0.455. The van der Waals surface area contributed by atoms with Crippen molar-refractivity contribution in [3.05, 3.63) is 41.8 Å². The summed E-state index contributed by atoms with van der Waals surface area (Å²) in [7, 11) is -2.12. The Balaban J connectivity index is 2.35. The van der Waals surface area contributed by atoms with Crippen LogP contribution >= 0.6 is 11.6 Å². The smallest absolute Gasteiger partial charge is 0.266 e. The van der Waals surface area contributed by atoms with Crippen molar-refractivity contribution >= 4 is 33.1 Å². The number of halogens is 1. The second-order valence-corrected chi connectivity index (χ2v) is 5.68. The van der Waals surface area contributed by atoms with E-state index in [0.29, 0.717) is 10.7 Å². The Morgan fingerprint density at radius 3 is 2.63 bits per heavy atom. The monoisotopic (exact) mass is 298 g/mol. The first kappa shape index (κ1) is 13.6. The van der Waals surface area contributed by atoms with Crippen LogP contribution in [0.3, 0.4) is 0 Å². The molecule has 0 aliphatic rings. The summed E-state index contributed by atoms with van der Waals surface area (Å²) in [4.78, 5) is 7.75. The number of sulfonamides is 1. The van der Waals surface area contributed by atoms with E-state index in [4.69, 9.17) is 11.6 Å². The Morgan fingerprint density at radius 2 is 2.00 bits per heavy atom. The fraction of sp³-hybridized carbons (Fsp3) is 0.0909. The van der Waals surface area contributed by atoms with E-state index in [9.17, 15) is 8.42 Å². The molecule has 6 nitrogen and oxygen atoms in total. The largest absolute Gasteiger partial charge is 0.387 e. The molecule has 0 radical (unpaired) electrons. The number of nitrogens with one attached hydrogen (secondary N) is 2. The van der Waals surface area contributed by atoms with Gasteiger partial charge in [-0.1, -0.05) is 11.6 Å². The number of hydrogen-bond acceptors (Lipinski definition) is 5. The molecule has 0 bridgehead atoms. The molecule has 2 rings (SSSR count). The first-order chi connectivity index (χ1) is 9.03. The molecule has 0 unspecified atom stereocenters. The van der Waals surface area contributed by atoms with Crippen LogP contribution in [0.25, 0.3) is 0 Å². The van der Waals surface area contributed by atoms with Gasteiger partial charge in [0.2, 0.25) is 0 Å². The maximum Gasteiger partial charge on any atom is 0.266 e. The Labute approximate surface area is 115 Å². The highest BCUT2D eigenvalue weighted by Gasteiger charge is 2.18. The Hall–Kier alpha value is -1.86. The van der Waals surface area contributed by atoms with Gasteiger partial charge in [-0.15, -0.1) is 0 Å². The van der Waals surface area contributed by atoms with Crippen LogP contribution in [0.15, 0.2) is 41.7 Å². The van der Waals surface area contributed by atoms with E-state index in [-0.39, 0.29) is 10.7 Å². The van der Waals surface area contributed by atoms with Crippen molar-refractivity contribution in [2.24, 2.45) is 0 Å². The van der Waals surface area contributed by atoms with Crippen molar-refractivity contribution in [1.82, 2.24) is 9.97 Å². The summed E-state index contributed by atoms with van der Waals surface area (Å²) in [6, 6.07) is 4.60. The number of pyridine rings is 2. The Bertz CT molecular complexity index is 673. The van der Waals surface area contributed by atoms with Crippen molar-refractivity contribution in [3.8, 4) is 0 Å². The molecule has 2 N–H and O–H groups in total. The van der Waals surface area contributed by atoms with E-state index in [1.165, 1.54) is 24.7 Å². The predicted molar refractivity (Wildman–Crippen MR) is 73.8 cm³/mol. The lowest BCUT2D eigenvalue weighted by molar-refractivity contribution is 0.601. The van der Waals surface area contributed by atoms with Crippen LogP contribution in [0.5, 0.6) is 0 Å². The normalized spacial score (nSPS) is 11.1. The van der Waals surface area contributed by atoms with Gasteiger partial charge in [-0.3, -0.25) is 9.71 Å². The number of aromatic nitrogens is 2. The summed E-state index contributed by atoms with van der Waals surface area (Å²) >= 11 is 5.69. The van der Waals surface area contributed by atoms with Gasteiger partial charge in [0.25, 0.3) is 10.0 Å². The summed E-state index contributed by atoms with van der Waals surface area (Å²) in [6.07, 6.45) is 4.14. The van der Waals surface area contributed by atoms with Crippen LogP contribution in [-0.2, 0) is 10.0 Å². The van der Waals surface area contributed by atoms with E-state index >= 15 is 0 Å². The number of anilines is 2.